The number of ether oxygens (including phenoxy) is 2. The monoisotopic (exact) mass is 512 g/mol. The van der Waals surface area contributed by atoms with Crippen molar-refractivity contribution < 1.29 is 14.6 Å². The molecule has 2 aromatic carbocycles. The predicted octanol–water partition coefficient (Wildman–Crippen LogP) is 2.87. The van der Waals surface area contributed by atoms with E-state index in [1.807, 2.05) is 45.0 Å². The third-order valence-electron chi connectivity index (χ3n) is 6.63. The van der Waals surface area contributed by atoms with E-state index >= 15 is 0 Å². The summed E-state index contributed by atoms with van der Waals surface area (Å²) in [6.45, 7) is 6.19. The van der Waals surface area contributed by atoms with Gasteiger partial charge in [0.25, 0.3) is 0 Å². The third kappa shape index (κ3) is 5.04. The molecule has 0 radical (unpaired) electrons. The first-order valence-corrected chi connectivity index (χ1v) is 12.4. The van der Waals surface area contributed by atoms with Crippen LogP contribution in [0.5, 0.6) is 5.75 Å². The molecule has 2 unspecified atom stereocenters. The highest BCUT2D eigenvalue weighted by Crippen LogP contribution is 2.56. The smallest absolute Gasteiger partial charge is 0.335 e. The Morgan fingerprint density at radius 1 is 1.19 bits per heavy atom. The Labute approximate surface area is 212 Å². The van der Waals surface area contributed by atoms with Crippen molar-refractivity contribution in [1.82, 2.24) is 14.1 Å². The SMILES string of the molecule is Cc1cc(/N=c2\[nH]c(=O)n(CC3(C4OC4O)CC3)c(=O)n2Cc2ccc(Cl)cc2)ccc1OC(C)C. The van der Waals surface area contributed by atoms with Crippen LogP contribution >= 0.6 is 11.6 Å². The van der Waals surface area contributed by atoms with Crippen molar-refractivity contribution in [2.75, 3.05) is 0 Å². The fourth-order valence-electron chi connectivity index (χ4n) is 4.47. The van der Waals surface area contributed by atoms with Crippen molar-refractivity contribution in [3.8, 4) is 5.75 Å². The quantitative estimate of drug-likeness (QED) is 0.450. The first-order valence-electron chi connectivity index (χ1n) is 12.0. The molecule has 0 spiro atoms. The maximum absolute atomic E-state index is 13.6. The number of halogens is 1. The van der Waals surface area contributed by atoms with Gasteiger partial charge in [-0.1, -0.05) is 23.7 Å². The molecule has 5 rings (SSSR count). The predicted molar refractivity (Wildman–Crippen MR) is 135 cm³/mol. The summed E-state index contributed by atoms with van der Waals surface area (Å²) in [4.78, 5) is 34.1. The van der Waals surface area contributed by atoms with Crippen molar-refractivity contribution in [3.63, 3.8) is 0 Å². The second-order valence-corrected chi connectivity index (χ2v) is 10.3. The lowest BCUT2D eigenvalue weighted by Gasteiger charge is -2.16. The van der Waals surface area contributed by atoms with Crippen molar-refractivity contribution >= 4 is 17.3 Å². The fourth-order valence-corrected chi connectivity index (χ4v) is 4.59. The molecule has 2 heterocycles. The number of aromatic nitrogens is 3. The summed E-state index contributed by atoms with van der Waals surface area (Å²) < 4.78 is 13.7. The Morgan fingerprint density at radius 3 is 2.47 bits per heavy atom. The molecule has 1 aliphatic carbocycles. The second kappa shape index (κ2) is 9.38. The molecule has 36 heavy (non-hydrogen) atoms. The highest BCUT2D eigenvalue weighted by Gasteiger charge is 2.61. The number of aliphatic hydroxyl groups excluding tert-OH is 1. The van der Waals surface area contributed by atoms with Gasteiger partial charge in [0.1, 0.15) is 11.9 Å². The molecule has 1 aliphatic heterocycles. The van der Waals surface area contributed by atoms with Crippen LogP contribution in [0.3, 0.4) is 0 Å². The van der Waals surface area contributed by atoms with Gasteiger partial charge in [0.05, 0.1) is 18.3 Å². The second-order valence-electron chi connectivity index (χ2n) is 9.87. The normalized spacial score (nSPS) is 20.6. The molecule has 10 heteroatoms. The van der Waals surface area contributed by atoms with Gasteiger partial charge in [-0.3, -0.25) is 9.55 Å². The third-order valence-corrected chi connectivity index (χ3v) is 6.88. The average Bonchev–Trinajstić information content (AvgIpc) is 3.74. The van der Waals surface area contributed by atoms with Crippen molar-refractivity contribution in [2.24, 2.45) is 10.4 Å². The Hall–Kier alpha value is -3.14. The van der Waals surface area contributed by atoms with Crippen LogP contribution in [0.4, 0.5) is 5.69 Å². The van der Waals surface area contributed by atoms with E-state index in [1.165, 1.54) is 9.13 Å². The summed E-state index contributed by atoms with van der Waals surface area (Å²) in [6, 6.07) is 12.6. The van der Waals surface area contributed by atoms with Crippen molar-refractivity contribution in [3.05, 3.63) is 85.2 Å². The van der Waals surface area contributed by atoms with Gasteiger partial charge in [-0.05, 0) is 75.1 Å². The van der Waals surface area contributed by atoms with E-state index in [1.54, 1.807) is 18.2 Å². The number of nitrogens with zero attached hydrogens (tertiary/aromatic N) is 3. The number of aryl methyl sites for hydroxylation is 1. The van der Waals surface area contributed by atoms with Crippen molar-refractivity contribution in [1.29, 1.82) is 0 Å². The van der Waals surface area contributed by atoms with E-state index in [4.69, 9.17) is 21.1 Å². The van der Waals surface area contributed by atoms with E-state index in [2.05, 4.69) is 9.98 Å². The molecular weight excluding hydrogens is 484 g/mol. The minimum atomic E-state index is -0.830. The lowest BCUT2D eigenvalue weighted by molar-refractivity contribution is 0.155. The Bertz CT molecular complexity index is 1470. The highest BCUT2D eigenvalue weighted by molar-refractivity contribution is 6.30. The van der Waals surface area contributed by atoms with E-state index in [-0.39, 0.29) is 30.9 Å². The van der Waals surface area contributed by atoms with Crippen LogP contribution in [0.1, 0.15) is 37.8 Å². The molecular formula is C26H29ClN4O5. The summed E-state index contributed by atoms with van der Waals surface area (Å²) in [5, 5.41) is 10.3. The number of nitrogens with one attached hydrogen (secondary N) is 1. The van der Waals surface area contributed by atoms with Gasteiger partial charge in [0.15, 0.2) is 6.29 Å². The summed E-state index contributed by atoms with van der Waals surface area (Å²) in [6.07, 6.45) is 0.437. The zero-order valence-corrected chi connectivity index (χ0v) is 21.2. The van der Waals surface area contributed by atoms with Gasteiger partial charge in [0.2, 0.25) is 5.62 Å². The molecule has 1 saturated carbocycles. The number of rotatable bonds is 8. The molecule has 3 aromatic rings. The Morgan fingerprint density at radius 2 is 1.89 bits per heavy atom. The van der Waals surface area contributed by atoms with Crippen LogP contribution in [0, 0.1) is 12.3 Å². The Balaban J connectivity index is 1.58. The van der Waals surface area contributed by atoms with E-state index in [0.717, 1.165) is 29.7 Å². The molecule has 1 aromatic heterocycles. The molecule has 2 N–H and O–H groups in total. The summed E-state index contributed by atoms with van der Waals surface area (Å²) >= 11 is 6.04. The van der Waals surface area contributed by atoms with Gasteiger partial charge in [0, 0.05) is 17.0 Å². The number of aliphatic hydroxyl groups is 1. The molecule has 0 amide bonds. The average molecular weight is 513 g/mol. The lowest BCUT2D eigenvalue weighted by atomic mass is 10.0. The first kappa shape index (κ1) is 24.5. The number of benzene rings is 2. The Kier molecular flexibility index (Phi) is 6.40. The minimum Gasteiger partial charge on any atom is -0.491 e. The van der Waals surface area contributed by atoms with Gasteiger partial charge < -0.3 is 14.6 Å². The van der Waals surface area contributed by atoms with E-state index < -0.39 is 23.1 Å². The minimum absolute atomic E-state index is 0.0360. The van der Waals surface area contributed by atoms with Crippen LogP contribution < -0.4 is 21.7 Å². The van der Waals surface area contributed by atoms with E-state index in [0.29, 0.717) is 10.7 Å². The summed E-state index contributed by atoms with van der Waals surface area (Å²) in [5.41, 5.74) is 1.01. The largest absolute Gasteiger partial charge is 0.491 e. The summed E-state index contributed by atoms with van der Waals surface area (Å²) in [5.74, 6) is 0.751. The number of epoxide rings is 1. The number of H-pyrrole nitrogens is 1. The van der Waals surface area contributed by atoms with Crippen LogP contribution in [-0.2, 0) is 17.8 Å². The van der Waals surface area contributed by atoms with Crippen LogP contribution in [-0.4, -0.2) is 37.7 Å². The molecule has 9 nitrogen and oxygen atoms in total. The lowest BCUT2D eigenvalue weighted by Crippen LogP contribution is -2.51. The topological polar surface area (TPSA) is 114 Å². The van der Waals surface area contributed by atoms with Crippen molar-refractivity contribution in [2.45, 2.75) is 65.2 Å². The van der Waals surface area contributed by atoms with Crippen LogP contribution in [0.2, 0.25) is 5.02 Å². The summed E-state index contributed by atoms with van der Waals surface area (Å²) in [7, 11) is 0. The van der Waals surface area contributed by atoms with Gasteiger partial charge >= 0.3 is 11.4 Å². The van der Waals surface area contributed by atoms with Gasteiger partial charge in [-0.2, -0.15) is 0 Å². The number of hydrogen-bond donors (Lipinski definition) is 2. The molecule has 2 atom stereocenters. The molecule has 1 saturated heterocycles. The fraction of sp³-hybridized carbons (Fsp3) is 0.423. The van der Waals surface area contributed by atoms with Gasteiger partial charge in [-0.15, -0.1) is 0 Å². The highest BCUT2D eigenvalue weighted by atomic mass is 35.5. The number of aromatic amines is 1. The van der Waals surface area contributed by atoms with Gasteiger partial charge in [-0.25, -0.2) is 19.1 Å². The molecule has 2 fully saturated rings. The standard InChI is InChI=1S/C26H29ClN4O5/c1-15(2)35-20-9-8-19(12-16(20)3)28-23-29-24(33)31(14-26(10-11-26)21-22(32)36-21)25(34)30(23)13-17-4-6-18(27)7-5-17/h4-9,12,15,21-22,32H,10-11,13-14H2,1-3H3,(H,28,29,33). The molecule has 190 valence electrons. The maximum atomic E-state index is 13.6. The number of hydrogen-bond acceptors (Lipinski definition) is 6. The zero-order chi connectivity index (χ0) is 25.6. The van der Waals surface area contributed by atoms with Crippen LogP contribution in [0.25, 0.3) is 0 Å². The maximum Gasteiger partial charge on any atom is 0.335 e. The molecule has 0 bridgehead atoms. The molecule has 2 aliphatic rings. The first-order chi connectivity index (χ1) is 17.1. The van der Waals surface area contributed by atoms with E-state index in [9.17, 15) is 14.7 Å². The zero-order valence-electron chi connectivity index (χ0n) is 20.4. The van der Waals surface area contributed by atoms with Crippen LogP contribution in [0.15, 0.2) is 57.0 Å².